The van der Waals surface area contributed by atoms with E-state index in [-0.39, 0.29) is 30.1 Å². The molecule has 0 atom stereocenters. The number of nitrogens with one attached hydrogen (secondary N) is 2. The largest absolute Gasteiger partial charge is 0.354 e. The molecule has 0 aliphatic heterocycles. The lowest BCUT2D eigenvalue weighted by Gasteiger charge is -2.09. The quantitative estimate of drug-likeness (QED) is 0.820. The molecule has 8 nitrogen and oxygen atoms in total. The summed E-state index contributed by atoms with van der Waals surface area (Å²) >= 11 is 0. The third kappa shape index (κ3) is 5.34. The van der Waals surface area contributed by atoms with Crippen LogP contribution >= 0.6 is 0 Å². The highest BCUT2D eigenvalue weighted by Gasteiger charge is 2.09. The molecule has 2 aromatic rings. The SMILES string of the molecule is CN(C)C(=O)Nc1cnn(CC(=O)NCCc2ccc(F)cc2)n1. The molecule has 2 rings (SSSR count). The van der Waals surface area contributed by atoms with E-state index >= 15 is 0 Å². The van der Waals surface area contributed by atoms with Gasteiger partial charge in [-0.25, -0.2) is 9.18 Å². The van der Waals surface area contributed by atoms with E-state index in [2.05, 4.69) is 20.8 Å². The van der Waals surface area contributed by atoms with Gasteiger partial charge in [-0.05, 0) is 24.1 Å². The molecule has 0 saturated heterocycles. The van der Waals surface area contributed by atoms with E-state index < -0.39 is 0 Å². The van der Waals surface area contributed by atoms with Gasteiger partial charge in [0.25, 0.3) is 0 Å². The zero-order chi connectivity index (χ0) is 17.5. The zero-order valence-electron chi connectivity index (χ0n) is 13.5. The smallest absolute Gasteiger partial charge is 0.322 e. The molecule has 0 aliphatic carbocycles. The monoisotopic (exact) mass is 334 g/mol. The Balaban J connectivity index is 1.75. The van der Waals surface area contributed by atoms with Crippen LogP contribution in [0.2, 0.25) is 0 Å². The first-order valence-electron chi connectivity index (χ1n) is 7.33. The molecule has 1 heterocycles. The zero-order valence-corrected chi connectivity index (χ0v) is 13.5. The lowest BCUT2D eigenvalue weighted by Crippen LogP contribution is -2.30. The van der Waals surface area contributed by atoms with Crippen molar-refractivity contribution in [3.05, 3.63) is 41.8 Å². The van der Waals surface area contributed by atoms with Crippen molar-refractivity contribution in [2.24, 2.45) is 0 Å². The van der Waals surface area contributed by atoms with E-state index in [1.54, 1.807) is 26.2 Å². The number of nitrogens with zero attached hydrogens (tertiary/aromatic N) is 4. The second kappa shape index (κ2) is 8.04. The molecule has 0 saturated carbocycles. The summed E-state index contributed by atoms with van der Waals surface area (Å²) in [5, 5.41) is 13.2. The number of rotatable bonds is 6. The fourth-order valence-electron chi connectivity index (χ4n) is 1.83. The molecular formula is C15H19FN6O2. The normalized spacial score (nSPS) is 10.3. The summed E-state index contributed by atoms with van der Waals surface area (Å²) in [6.45, 7) is 0.372. The standard InChI is InChI=1S/C15H19FN6O2/c1-21(2)15(24)19-13-9-18-22(20-13)10-14(23)17-8-7-11-3-5-12(16)6-4-11/h3-6,9H,7-8,10H2,1-2H3,(H,17,23)(H,19,20,24). The Morgan fingerprint density at radius 2 is 1.96 bits per heavy atom. The van der Waals surface area contributed by atoms with Gasteiger partial charge in [0.05, 0.1) is 6.20 Å². The fourth-order valence-corrected chi connectivity index (χ4v) is 1.83. The maximum atomic E-state index is 12.8. The first-order valence-corrected chi connectivity index (χ1v) is 7.33. The molecule has 0 bridgehead atoms. The van der Waals surface area contributed by atoms with E-state index in [0.29, 0.717) is 13.0 Å². The number of carbonyl (C=O) groups excluding carboxylic acids is 2. The Hall–Kier alpha value is -2.97. The first kappa shape index (κ1) is 17.4. The summed E-state index contributed by atoms with van der Waals surface area (Å²) in [6, 6.07) is 5.79. The highest BCUT2D eigenvalue weighted by molar-refractivity contribution is 5.87. The van der Waals surface area contributed by atoms with Gasteiger partial charge in [0.2, 0.25) is 5.91 Å². The average Bonchev–Trinajstić information content (AvgIpc) is 2.96. The molecule has 0 fully saturated rings. The summed E-state index contributed by atoms with van der Waals surface area (Å²) in [5.74, 6) is -0.268. The summed E-state index contributed by atoms with van der Waals surface area (Å²) in [5.41, 5.74) is 0.933. The Kier molecular flexibility index (Phi) is 5.83. The highest BCUT2D eigenvalue weighted by atomic mass is 19.1. The fraction of sp³-hybridized carbons (Fsp3) is 0.333. The molecular weight excluding hydrogens is 315 g/mol. The van der Waals surface area contributed by atoms with Gasteiger partial charge >= 0.3 is 6.03 Å². The number of hydrogen-bond acceptors (Lipinski definition) is 4. The molecule has 1 aromatic heterocycles. The third-order valence-electron chi connectivity index (χ3n) is 3.11. The molecule has 2 N–H and O–H groups in total. The highest BCUT2D eigenvalue weighted by Crippen LogP contribution is 2.03. The Morgan fingerprint density at radius 1 is 1.25 bits per heavy atom. The van der Waals surface area contributed by atoms with Crippen LogP contribution < -0.4 is 10.6 Å². The van der Waals surface area contributed by atoms with Crippen molar-refractivity contribution in [2.45, 2.75) is 13.0 Å². The molecule has 9 heteroatoms. The second-order valence-corrected chi connectivity index (χ2v) is 5.31. The Morgan fingerprint density at radius 3 is 2.62 bits per heavy atom. The number of benzene rings is 1. The average molecular weight is 334 g/mol. The van der Waals surface area contributed by atoms with Gasteiger partial charge in [-0.1, -0.05) is 12.1 Å². The number of carbonyl (C=O) groups is 2. The van der Waals surface area contributed by atoms with Gasteiger partial charge < -0.3 is 10.2 Å². The molecule has 3 amide bonds. The molecule has 1 aromatic carbocycles. The number of halogens is 1. The lowest BCUT2D eigenvalue weighted by atomic mass is 10.1. The molecule has 128 valence electrons. The number of aromatic nitrogens is 3. The predicted octanol–water partition coefficient (Wildman–Crippen LogP) is 0.870. The van der Waals surface area contributed by atoms with E-state index in [9.17, 15) is 14.0 Å². The molecule has 0 aliphatic rings. The minimum Gasteiger partial charge on any atom is -0.354 e. The number of anilines is 1. The van der Waals surface area contributed by atoms with Crippen LogP contribution in [0.25, 0.3) is 0 Å². The molecule has 0 unspecified atom stereocenters. The van der Waals surface area contributed by atoms with Crippen LogP contribution in [0.15, 0.2) is 30.5 Å². The van der Waals surface area contributed by atoms with Crippen LogP contribution in [0.3, 0.4) is 0 Å². The van der Waals surface area contributed by atoms with Crippen LogP contribution in [0.1, 0.15) is 5.56 Å². The summed E-state index contributed by atoms with van der Waals surface area (Å²) in [4.78, 5) is 25.9. The van der Waals surface area contributed by atoms with Crippen molar-refractivity contribution in [2.75, 3.05) is 26.0 Å². The van der Waals surface area contributed by atoms with Gasteiger partial charge in [0, 0.05) is 20.6 Å². The van der Waals surface area contributed by atoms with Crippen molar-refractivity contribution in [3.63, 3.8) is 0 Å². The maximum absolute atomic E-state index is 12.8. The van der Waals surface area contributed by atoms with Gasteiger partial charge in [0.1, 0.15) is 12.4 Å². The predicted molar refractivity (Wildman–Crippen MR) is 85.8 cm³/mol. The van der Waals surface area contributed by atoms with Gasteiger partial charge in [0.15, 0.2) is 5.82 Å². The number of hydrogen-bond donors (Lipinski definition) is 2. The van der Waals surface area contributed by atoms with Crippen molar-refractivity contribution in [1.82, 2.24) is 25.2 Å². The molecule has 24 heavy (non-hydrogen) atoms. The van der Waals surface area contributed by atoms with Crippen molar-refractivity contribution >= 4 is 17.8 Å². The summed E-state index contributed by atoms with van der Waals surface area (Å²) < 4.78 is 12.8. The van der Waals surface area contributed by atoms with Crippen molar-refractivity contribution in [3.8, 4) is 0 Å². The van der Waals surface area contributed by atoms with Gasteiger partial charge in [-0.3, -0.25) is 10.1 Å². The minimum absolute atomic E-state index is 0.0543. The Labute approximate surface area is 138 Å². The van der Waals surface area contributed by atoms with E-state index in [0.717, 1.165) is 5.56 Å². The van der Waals surface area contributed by atoms with Crippen LogP contribution in [0, 0.1) is 5.82 Å². The van der Waals surface area contributed by atoms with Gasteiger partial charge in [-0.2, -0.15) is 9.90 Å². The van der Waals surface area contributed by atoms with Crippen LogP contribution in [-0.4, -0.2) is 52.5 Å². The Bertz CT molecular complexity index is 698. The summed E-state index contributed by atoms with van der Waals surface area (Å²) in [7, 11) is 3.21. The van der Waals surface area contributed by atoms with Crippen LogP contribution in [0.5, 0.6) is 0 Å². The number of urea groups is 1. The van der Waals surface area contributed by atoms with Crippen LogP contribution in [-0.2, 0) is 17.8 Å². The first-order chi connectivity index (χ1) is 11.4. The van der Waals surface area contributed by atoms with Gasteiger partial charge in [-0.15, -0.1) is 5.10 Å². The molecule has 0 radical (unpaired) electrons. The second-order valence-electron chi connectivity index (χ2n) is 5.31. The van der Waals surface area contributed by atoms with E-state index in [1.165, 1.54) is 28.0 Å². The minimum atomic E-state index is -0.328. The topological polar surface area (TPSA) is 92.2 Å². The summed E-state index contributed by atoms with van der Waals surface area (Å²) in [6.07, 6.45) is 1.97. The van der Waals surface area contributed by atoms with Crippen molar-refractivity contribution < 1.29 is 14.0 Å². The molecule has 0 spiro atoms. The lowest BCUT2D eigenvalue weighted by molar-refractivity contribution is -0.122. The van der Waals surface area contributed by atoms with E-state index in [1.807, 2.05) is 0 Å². The maximum Gasteiger partial charge on any atom is 0.322 e. The number of amides is 3. The third-order valence-corrected chi connectivity index (χ3v) is 3.11. The van der Waals surface area contributed by atoms with Crippen molar-refractivity contribution in [1.29, 1.82) is 0 Å². The van der Waals surface area contributed by atoms with Crippen LogP contribution in [0.4, 0.5) is 15.0 Å². The van der Waals surface area contributed by atoms with E-state index in [4.69, 9.17) is 0 Å².